The van der Waals surface area contributed by atoms with Crippen LogP contribution in [0.3, 0.4) is 0 Å². The van der Waals surface area contributed by atoms with Crippen molar-refractivity contribution in [2.24, 2.45) is 5.92 Å². The maximum absolute atomic E-state index is 11.3. The second kappa shape index (κ2) is 4.85. The van der Waals surface area contributed by atoms with Crippen LogP contribution in [0.4, 0.5) is 0 Å². The molecule has 0 aromatic carbocycles. The van der Waals surface area contributed by atoms with E-state index in [1.165, 1.54) is 0 Å². The minimum absolute atomic E-state index is 0.00349. The van der Waals surface area contributed by atoms with Gasteiger partial charge in [-0.15, -0.1) is 0 Å². The maximum atomic E-state index is 11.3. The largest absolute Gasteiger partial charge is 0.460 e. The molecule has 0 aromatic heterocycles. The van der Waals surface area contributed by atoms with Crippen LogP contribution in [-0.2, 0) is 23.9 Å². The summed E-state index contributed by atoms with van der Waals surface area (Å²) in [5, 5.41) is 0. The number of esters is 1. The number of carbonyl (C=O) groups excluding carboxylic acids is 3. The lowest BCUT2D eigenvalue weighted by Crippen LogP contribution is -2.38. The van der Waals surface area contributed by atoms with Crippen LogP contribution in [0.25, 0.3) is 0 Å². The van der Waals surface area contributed by atoms with Crippen LogP contribution in [0.15, 0.2) is 0 Å². The zero-order chi connectivity index (χ0) is 10.6. The number of rotatable bonds is 3. The molecule has 1 atom stereocenters. The molecule has 1 rings (SSSR count). The molecule has 1 aliphatic rings. The summed E-state index contributed by atoms with van der Waals surface area (Å²) in [7, 11) is 0. The first-order chi connectivity index (χ1) is 6.66. The Morgan fingerprint density at radius 3 is 2.86 bits per heavy atom. The zero-order valence-corrected chi connectivity index (χ0v) is 7.95. The van der Waals surface area contributed by atoms with Crippen molar-refractivity contribution in [1.82, 2.24) is 0 Å². The number of hydrogen-bond acceptors (Lipinski definition) is 5. The molecule has 1 heterocycles. The summed E-state index contributed by atoms with van der Waals surface area (Å²) in [6, 6.07) is 0. The molecule has 0 aromatic rings. The van der Waals surface area contributed by atoms with E-state index in [0.717, 1.165) is 0 Å². The average molecular weight is 200 g/mol. The van der Waals surface area contributed by atoms with Crippen molar-refractivity contribution >= 4 is 17.5 Å². The van der Waals surface area contributed by atoms with Crippen LogP contribution in [-0.4, -0.2) is 37.4 Å². The Labute approximate surface area is 81.4 Å². The van der Waals surface area contributed by atoms with Crippen molar-refractivity contribution in [3.63, 3.8) is 0 Å². The highest BCUT2D eigenvalue weighted by Crippen LogP contribution is 2.11. The molecular formula is C9H12O5. The van der Waals surface area contributed by atoms with E-state index in [4.69, 9.17) is 4.74 Å². The highest BCUT2D eigenvalue weighted by atomic mass is 16.5. The fraction of sp³-hybridized carbons (Fsp3) is 0.667. The van der Waals surface area contributed by atoms with Crippen molar-refractivity contribution in [2.45, 2.75) is 13.3 Å². The topological polar surface area (TPSA) is 69.7 Å². The van der Waals surface area contributed by atoms with Crippen molar-refractivity contribution in [3.05, 3.63) is 0 Å². The molecule has 0 aliphatic carbocycles. The second-order valence-corrected chi connectivity index (χ2v) is 2.93. The molecule has 0 bridgehead atoms. The molecule has 5 heteroatoms. The van der Waals surface area contributed by atoms with Gasteiger partial charge in [0.2, 0.25) is 0 Å². The first kappa shape index (κ1) is 10.8. The molecule has 0 N–H and O–H groups in total. The smallest absolute Gasteiger partial charge is 0.375 e. The average Bonchev–Trinajstić information content (AvgIpc) is 2.18. The molecule has 1 fully saturated rings. The van der Waals surface area contributed by atoms with Gasteiger partial charge >= 0.3 is 5.97 Å². The summed E-state index contributed by atoms with van der Waals surface area (Å²) >= 11 is 0. The van der Waals surface area contributed by atoms with Crippen LogP contribution < -0.4 is 0 Å². The summed E-state index contributed by atoms with van der Waals surface area (Å²) in [4.78, 5) is 33.6. The molecule has 1 saturated heterocycles. The Kier molecular flexibility index (Phi) is 3.76. The van der Waals surface area contributed by atoms with Crippen LogP contribution in [0.1, 0.15) is 13.3 Å². The van der Waals surface area contributed by atoms with Gasteiger partial charge in [-0.2, -0.15) is 0 Å². The van der Waals surface area contributed by atoms with Crippen LogP contribution in [0, 0.1) is 5.92 Å². The predicted molar refractivity (Wildman–Crippen MR) is 45.6 cm³/mol. The van der Waals surface area contributed by atoms with E-state index in [1.54, 1.807) is 6.92 Å². The first-order valence-electron chi connectivity index (χ1n) is 4.48. The predicted octanol–water partition coefficient (Wildman–Crippen LogP) is -0.276. The molecule has 0 radical (unpaired) electrons. The number of ether oxygens (including phenoxy) is 2. The number of hydrogen-bond donors (Lipinski definition) is 0. The molecule has 0 saturated carbocycles. The molecule has 0 unspecified atom stereocenters. The quantitative estimate of drug-likeness (QED) is 0.356. The molecule has 78 valence electrons. The van der Waals surface area contributed by atoms with E-state index in [2.05, 4.69) is 4.74 Å². The van der Waals surface area contributed by atoms with Gasteiger partial charge in [0, 0.05) is 6.42 Å². The third-order valence-electron chi connectivity index (χ3n) is 1.96. The summed E-state index contributed by atoms with van der Waals surface area (Å²) in [5.41, 5.74) is 0. The maximum Gasteiger partial charge on any atom is 0.375 e. The molecule has 1 aliphatic heterocycles. The summed E-state index contributed by atoms with van der Waals surface area (Å²) in [5.74, 6) is -2.94. The minimum Gasteiger partial charge on any atom is -0.460 e. The summed E-state index contributed by atoms with van der Waals surface area (Å²) in [6.07, 6.45) is 0.190. The van der Waals surface area contributed by atoms with Crippen molar-refractivity contribution < 1.29 is 23.9 Å². The van der Waals surface area contributed by atoms with E-state index in [1.807, 2.05) is 0 Å². The van der Waals surface area contributed by atoms with Crippen molar-refractivity contribution in [1.29, 1.82) is 0 Å². The van der Waals surface area contributed by atoms with Gasteiger partial charge < -0.3 is 9.47 Å². The van der Waals surface area contributed by atoms with Crippen LogP contribution in [0.2, 0.25) is 0 Å². The van der Waals surface area contributed by atoms with E-state index in [9.17, 15) is 14.4 Å². The van der Waals surface area contributed by atoms with Gasteiger partial charge in [-0.25, -0.2) is 4.79 Å². The van der Waals surface area contributed by atoms with Gasteiger partial charge in [0.15, 0.2) is 0 Å². The lowest BCUT2D eigenvalue weighted by atomic mass is 9.96. The second-order valence-electron chi connectivity index (χ2n) is 2.93. The van der Waals surface area contributed by atoms with E-state index < -0.39 is 17.7 Å². The molecule has 5 nitrogen and oxygen atoms in total. The highest BCUT2D eigenvalue weighted by Gasteiger charge is 2.34. The summed E-state index contributed by atoms with van der Waals surface area (Å²) < 4.78 is 9.46. The lowest BCUT2D eigenvalue weighted by molar-refractivity contribution is -0.159. The lowest BCUT2D eigenvalue weighted by Gasteiger charge is -2.18. The Morgan fingerprint density at radius 1 is 1.57 bits per heavy atom. The first-order valence-corrected chi connectivity index (χ1v) is 4.48. The molecule has 0 amide bonds. The normalized spacial score (nSPS) is 21.8. The molecule has 0 spiro atoms. The number of Topliss-reactive ketones (excluding diaryl/α,β-unsaturated/α-hetero) is 2. The van der Waals surface area contributed by atoms with E-state index in [0.29, 0.717) is 6.61 Å². The van der Waals surface area contributed by atoms with Gasteiger partial charge in [-0.1, -0.05) is 0 Å². The van der Waals surface area contributed by atoms with Gasteiger partial charge in [0.25, 0.3) is 5.78 Å². The van der Waals surface area contributed by atoms with Gasteiger partial charge in [-0.3, -0.25) is 9.59 Å². The van der Waals surface area contributed by atoms with E-state index in [-0.39, 0.29) is 25.4 Å². The van der Waals surface area contributed by atoms with Crippen molar-refractivity contribution in [2.75, 3.05) is 19.8 Å². The standard InChI is InChI=1S/C9H12O5/c1-2-14-9(12)8(11)6-5-13-4-3-7(6)10/h6H,2-5H2,1H3/t6-/m1/s1. The van der Waals surface area contributed by atoms with Gasteiger partial charge in [0.05, 0.1) is 19.8 Å². The third kappa shape index (κ3) is 2.38. The Morgan fingerprint density at radius 2 is 2.29 bits per heavy atom. The minimum atomic E-state index is -0.956. The number of carbonyl (C=O) groups is 3. The number of ketones is 2. The summed E-state index contributed by atoms with van der Waals surface area (Å²) in [6.45, 7) is 2.05. The monoisotopic (exact) mass is 200 g/mol. The zero-order valence-electron chi connectivity index (χ0n) is 7.95. The Hall–Kier alpha value is -1.23. The Bertz CT molecular complexity index is 258. The molecule has 14 heavy (non-hydrogen) atoms. The van der Waals surface area contributed by atoms with Gasteiger partial charge in [-0.05, 0) is 6.92 Å². The van der Waals surface area contributed by atoms with E-state index >= 15 is 0 Å². The fourth-order valence-corrected chi connectivity index (χ4v) is 1.21. The fourth-order valence-electron chi connectivity index (χ4n) is 1.21. The highest BCUT2D eigenvalue weighted by molar-refractivity contribution is 6.38. The van der Waals surface area contributed by atoms with Crippen molar-refractivity contribution in [3.8, 4) is 0 Å². The van der Waals surface area contributed by atoms with Crippen LogP contribution >= 0.6 is 0 Å². The van der Waals surface area contributed by atoms with Crippen LogP contribution in [0.5, 0.6) is 0 Å². The third-order valence-corrected chi connectivity index (χ3v) is 1.96. The van der Waals surface area contributed by atoms with Gasteiger partial charge in [0.1, 0.15) is 11.7 Å². The molecular weight excluding hydrogens is 188 g/mol. The SMILES string of the molecule is CCOC(=O)C(=O)[C@@H]1COCCC1=O. The Balaban J connectivity index is 2.58.